The molecule has 7 heteroatoms. The smallest absolute Gasteiger partial charge is 0.252 e. The summed E-state index contributed by atoms with van der Waals surface area (Å²) < 4.78 is 2.78. The lowest BCUT2D eigenvalue weighted by atomic mass is 9.89. The van der Waals surface area contributed by atoms with E-state index in [1.807, 2.05) is 38.1 Å². The molecule has 1 fully saturated rings. The van der Waals surface area contributed by atoms with Crippen LogP contribution in [0.3, 0.4) is 0 Å². The van der Waals surface area contributed by atoms with E-state index < -0.39 is 0 Å². The van der Waals surface area contributed by atoms with Crippen molar-refractivity contribution in [2.24, 2.45) is 0 Å². The number of hydrogen-bond acceptors (Lipinski definition) is 4. The number of nitrogens with one attached hydrogen (secondary N) is 1. The molecular formula is C21H24BrN5O. The van der Waals surface area contributed by atoms with Gasteiger partial charge in [0.05, 0.1) is 6.42 Å². The lowest BCUT2D eigenvalue weighted by Crippen LogP contribution is -2.17. The third kappa shape index (κ3) is 3.94. The molecule has 3 aromatic rings. The van der Waals surface area contributed by atoms with Gasteiger partial charge in [0.1, 0.15) is 0 Å². The Balaban J connectivity index is 1.57. The van der Waals surface area contributed by atoms with Crippen LogP contribution in [0.15, 0.2) is 28.7 Å². The van der Waals surface area contributed by atoms with E-state index in [-0.39, 0.29) is 12.3 Å². The molecule has 1 saturated carbocycles. The molecular weight excluding hydrogens is 418 g/mol. The largest absolute Gasteiger partial charge is 0.326 e. The highest BCUT2D eigenvalue weighted by molar-refractivity contribution is 9.10. The van der Waals surface area contributed by atoms with Crippen molar-refractivity contribution in [3.63, 3.8) is 0 Å². The quantitative estimate of drug-likeness (QED) is 0.634. The van der Waals surface area contributed by atoms with Crippen molar-refractivity contribution in [3.05, 3.63) is 51.5 Å². The van der Waals surface area contributed by atoms with E-state index in [1.165, 1.54) is 19.3 Å². The molecule has 0 saturated heterocycles. The number of fused-ring (bicyclic) bond motifs is 1. The Hall–Kier alpha value is -2.28. The zero-order valence-corrected chi connectivity index (χ0v) is 17.8. The fourth-order valence-electron chi connectivity index (χ4n) is 3.91. The number of aryl methyl sites for hydroxylation is 2. The highest BCUT2D eigenvalue weighted by Gasteiger charge is 2.22. The summed E-state index contributed by atoms with van der Waals surface area (Å²) in [6.07, 6.45) is 6.35. The van der Waals surface area contributed by atoms with Gasteiger partial charge in [0.2, 0.25) is 5.91 Å². The monoisotopic (exact) mass is 441 g/mol. The van der Waals surface area contributed by atoms with Crippen LogP contribution >= 0.6 is 15.9 Å². The molecule has 146 valence electrons. The van der Waals surface area contributed by atoms with Crippen LogP contribution in [-0.4, -0.2) is 25.5 Å². The van der Waals surface area contributed by atoms with Crippen molar-refractivity contribution in [2.75, 3.05) is 5.32 Å². The Labute approximate surface area is 172 Å². The van der Waals surface area contributed by atoms with Crippen molar-refractivity contribution in [1.82, 2.24) is 19.6 Å². The second-order valence-electron chi connectivity index (χ2n) is 7.51. The third-order valence-electron chi connectivity index (χ3n) is 5.50. The van der Waals surface area contributed by atoms with Gasteiger partial charge in [-0.15, -0.1) is 5.10 Å². The normalized spacial score (nSPS) is 15.1. The molecule has 2 heterocycles. The van der Waals surface area contributed by atoms with Crippen LogP contribution in [0, 0.1) is 13.8 Å². The molecule has 0 spiro atoms. The Morgan fingerprint density at radius 1 is 1.14 bits per heavy atom. The van der Waals surface area contributed by atoms with Gasteiger partial charge >= 0.3 is 0 Å². The Kier molecular flexibility index (Phi) is 5.44. The molecule has 0 unspecified atom stereocenters. The van der Waals surface area contributed by atoms with Gasteiger partial charge in [-0.2, -0.15) is 4.98 Å². The first-order chi connectivity index (χ1) is 13.5. The van der Waals surface area contributed by atoms with Crippen LogP contribution < -0.4 is 5.32 Å². The molecule has 2 aromatic heterocycles. The second-order valence-corrected chi connectivity index (χ2v) is 8.43. The van der Waals surface area contributed by atoms with Crippen LogP contribution in [0.5, 0.6) is 0 Å². The van der Waals surface area contributed by atoms with Gasteiger partial charge in [-0.25, -0.2) is 9.50 Å². The van der Waals surface area contributed by atoms with E-state index >= 15 is 0 Å². The summed E-state index contributed by atoms with van der Waals surface area (Å²) in [5, 5.41) is 7.69. The van der Waals surface area contributed by atoms with Crippen molar-refractivity contribution in [1.29, 1.82) is 0 Å². The molecule has 28 heavy (non-hydrogen) atoms. The van der Waals surface area contributed by atoms with Crippen molar-refractivity contribution < 1.29 is 4.79 Å². The zero-order valence-electron chi connectivity index (χ0n) is 16.2. The molecule has 4 rings (SSSR count). The van der Waals surface area contributed by atoms with Gasteiger partial charge in [-0.05, 0) is 51.0 Å². The zero-order chi connectivity index (χ0) is 19.7. The number of hydrogen-bond donors (Lipinski definition) is 1. The van der Waals surface area contributed by atoms with E-state index in [1.54, 1.807) is 4.52 Å². The summed E-state index contributed by atoms with van der Waals surface area (Å²) >= 11 is 3.40. The van der Waals surface area contributed by atoms with Crippen LogP contribution in [0.1, 0.15) is 60.8 Å². The molecule has 1 aliphatic carbocycles. The topological polar surface area (TPSA) is 72.2 Å². The van der Waals surface area contributed by atoms with Gasteiger partial charge in [0, 0.05) is 33.0 Å². The number of rotatable bonds is 4. The number of anilines is 1. The number of aromatic nitrogens is 4. The van der Waals surface area contributed by atoms with E-state index in [2.05, 4.69) is 26.2 Å². The first-order valence-electron chi connectivity index (χ1n) is 9.79. The predicted molar refractivity (Wildman–Crippen MR) is 113 cm³/mol. The first-order valence-corrected chi connectivity index (χ1v) is 10.6. The van der Waals surface area contributed by atoms with Crippen LogP contribution in [0.4, 0.5) is 5.69 Å². The number of amides is 1. The highest BCUT2D eigenvalue weighted by Crippen LogP contribution is 2.31. The predicted octanol–water partition coefficient (Wildman–Crippen LogP) is 4.73. The maximum atomic E-state index is 12.6. The van der Waals surface area contributed by atoms with Gasteiger partial charge < -0.3 is 5.32 Å². The van der Waals surface area contributed by atoms with E-state index in [4.69, 9.17) is 10.1 Å². The Bertz CT molecular complexity index is 1010. The average Bonchev–Trinajstić information content (AvgIpc) is 3.12. The Morgan fingerprint density at radius 2 is 1.86 bits per heavy atom. The lowest BCUT2D eigenvalue weighted by Gasteiger charge is -2.17. The van der Waals surface area contributed by atoms with Gasteiger partial charge in [0.15, 0.2) is 5.82 Å². The van der Waals surface area contributed by atoms with Gasteiger partial charge in [-0.1, -0.05) is 35.2 Å². The number of nitrogens with zero attached hydrogens (tertiary/aromatic N) is 4. The van der Waals surface area contributed by atoms with Crippen molar-refractivity contribution >= 4 is 33.3 Å². The number of carbonyl (C=O) groups excluding carboxylic acids is 1. The molecule has 0 atom stereocenters. The fraction of sp³-hybridized carbons (Fsp3) is 0.429. The summed E-state index contributed by atoms with van der Waals surface area (Å²) in [6, 6.07) is 7.55. The van der Waals surface area contributed by atoms with Gasteiger partial charge in [-0.3, -0.25) is 4.79 Å². The molecule has 1 aromatic carbocycles. The summed E-state index contributed by atoms with van der Waals surface area (Å²) in [4.78, 5) is 21.9. The SMILES string of the molecule is Cc1nc2nc(C3CCCCC3)nn2c(C)c1CC(=O)Nc1ccc(Br)cc1. The first kappa shape index (κ1) is 19.1. The van der Waals surface area contributed by atoms with Gasteiger partial charge in [0.25, 0.3) is 5.78 Å². The maximum Gasteiger partial charge on any atom is 0.252 e. The fourth-order valence-corrected chi connectivity index (χ4v) is 4.18. The third-order valence-corrected chi connectivity index (χ3v) is 6.03. The molecule has 1 N–H and O–H groups in total. The molecule has 1 aliphatic rings. The van der Waals surface area contributed by atoms with Crippen molar-refractivity contribution in [3.8, 4) is 0 Å². The van der Waals surface area contributed by atoms with Crippen LogP contribution in [0.25, 0.3) is 5.78 Å². The Morgan fingerprint density at radius 3 is 2.57 bits per heavy atom. The standard InChI is InChI=1S/C21H24BrN5O/c1-13-18(12-19(28)24-17-10-8-16(22)9-11-17)14(2)27-21(23-13)25-20(26-27)15-6-4-3-5-7-15/h8-11,15H,3-7,12H2,1-2H3,(H,24,28). The number of halogens is 1. The van der Waals surface area contributed by atoms with Crippen molar-refractivity contribution in [2.45, 2.75) is 58.3 Å². The summed E-state index contributed by atoms with van der Waals surface area (Å²) in [7, 11) is 0. The summed E-state index contributed by atoms with van der Waals surface area (Å²) in [5.41, 5.74) is 3.45. The van der Waals surface area contributed by atoms with E-state index in [9.17, 15) is 4.79 Å². The lowest BCUT2D eigenvalue weighted by molar-refractivity contribution is -0.115. The summed E-state index contributed by atoms with van der Waals surface area (Å²) in [5.74, 6) is 1.89. The van der Waals surface area contributed by atoms with E-state index in [0.717, 1.165) is 45.8 Å². The molecule has 0 bridgehead atoms. The molecule has 1 amide bonds. The summed E-state index contributed by atoms with van der Waals surface area (Å²) in [6.45, 7) is 3.92. The van der Waals surface area contributed by atoms with Crippen LogP contribution in [0.2, 0.25) is 0 Å². The minimum absolute atomic E-state index is 0.0673. The number of benzene rings is 1. The average molecular weight is 442 g/mol. The molecule has 0 aliphatic heterocycles. The maximum absolute atomic E-state index is 12.6. The number of carbonyl (C=O) groups is 1. The molecule has 0 radical (unpaired) electrons. The highest BCUT2D eigenvalue weighted by atomic mass is 79.9. The minimum Gasteiger partial charge on any atom is -0.326 e. The molecule has 6 nitrogen and oxygen atoms in total. The second kappa shape index (κ2) is 7.99. The van der Waals surface area contributed by atoms with E-state index in [0.29, 0.717) is 11.7 Å². The minimum atomic E-state index is -0.0673. The van der Waals surface area contributed by atoms with Crippen LogP contribution in [-0.2, 0) is 11.2 Å².